The number of aromatic nitrogens is 1. The number of pyridine rings is 1. The van der Waals surface area contributed by atoms with E-state index in [9.17, 15) is 20.4 Å². The Hall–Kier alpha value is -4.08. The standard InChI is InChI=1S/C42H31NO6/c44-15-26-41(47)13-25(46)42(49-26,14-24(41)45)48-6-5-43-39-18-3-4-19-10-23-12-21-8-17-2-1-16-7-20-11-22(9-18)31-29(20)33-27(16)28(17)34-30(21)32(23)38(40(19)43)36(35(33)34)37(31)39/h1-2,7-10,24-26,44-47H,3-6,11-15H2/t24?,25?,26-,41-,42?/m0/s1. The topological polar surface area (TPSA) is 104 Å². The third-order valence-corrected chi connectivity index (χ3v) is 14.0. The fraction of sp³-hybridized carbons (Fsp3) is 0.333. The molecule has 7 nitrogen and oxygen atoms in total. The van der Waals surface area contributed by atoms with Crippen LogP contribution in [0.25, 0.3) is 86.4 Å². The van der Waals surface area contributed by atoms with Gasteiger partial charge in [-0.2, -0.15) is 0 Å². The Morgan fingerprint density at radius 1 is 0.653 bits per heavy atom. The maximum Gasteiger partial charge on any atom is 0.197 e. The number of aryl methyl sites for hydroxylation is 2. The first-order valence-corrected chi connectivity index (χ1v) is 17.9. The Balaban J connectivity index is 1.10. The quantitative estimate of drug-likeness (QED) is 0.141. The molecule has 1 saturated carbocycles. The highest BCUT2D eigenvalue weighted by Crippen LogP contribution is 2.61. The van der Waals surface area contributed by atoms with Crippen molar-refractivity contribution in [3.8, 4) is 0 Å². The Kier molecular flexibility index (Phi) is 4.03. The average molecular weight is 646 g/mol. The molecule has 3 aliphatic carbocycles. The summed E-state index contributed by atoms with van der Waals surface area (Å²) < 4.78 is 15.1. The monoisotopic (exact) mass is 645 g/mol. The predicted octanol–water partition coefficient (Wildman–Crippen LogP) is 5.72. The lowest BCUT2D eigenvalue weighted by Gasteiger charge is -2.58. The van der Waals surface area contributed by atoms with Crippen LogP contribution in [0.3, 0.4) is 0 Å². The molecule has 1 aromatic heterocycles. The van der Waals surface area contributed by atoms with E-state index in [-0.39, 0.29) is 19.4 Å². The molecule has 240 valence electrons. The van der Waals surface area contributed by atoms with Crippen molar-refractivity contribution in [3.63, 3.8) is 0 Å². The third kappa shape index (κ3) is 2.49. The maximum atomic E-state index is 11.2. The summed E-state index contributed by atoms with van der Waals surface area (Å²) in [6.45, 7) is 0.322. The number of ether oxygens (including phenoxy) is 2. The Bertz CT molecular complexity index is 2840. The van der Waals surface area contributed by atoms with Gasteiger partial charge in [0, 0.05) is 40.9 Å². The van der Waals surface area contributed by atoms with Crippen LogP contribution < -0.4 is 0 Å². The molecule has 15 rings (SSSR count). The number of hydrogen-bond donors (Lipinski definition) is 4. The summed E-state index contributed by atoms with van der Waals surface area (Å²) in [5.74, 6) is -1.49. The molecule has 7 heteroatoms. The van der Waals surface area contributed by atoms with Crippen molar-refractivity contribution >= 4 is 86.4 Å². The van der Waals surface area contributed by atoms with Gasteiger partial charge in [-0.05, 0) is 113 Å². The molecule has 3 unspecified atom stereocenters. The number of nitrogens with zero attached hydrogens (tertiary/aromatic N) is 1. The highest BCUT2D eigenvalue weighted by molar-refractivity contribution is 6.55. The molecular formula is C42H31NO6. The van der Waals surface area contributed by atoms with Gasteiger partial charge in [-0.15, -0.1) is 0 Å². The summed E-state index contributed by atoms with van der Waals surface area (Å²) >= 11 is 0. The summed E-state index contributed by atoms with van der Waals surface area (Å²) in [5.41, 5.74) is 9.46. The van der Waals surface area contributed by atoms with E-state index < -0.39 is 36.3 Å². The fourth-order valence-electron chi connectivity index (χ4n) is 12.2. The number of aliphatic hydroxyl groups is 4. The van der Waals surface area contributed by atoms with Gasteiger partial charge < -0.3 is 34.5 Å². The molecule has 5 atom stereocenters. The van der Waals surface area contributed by atoms with Gasteiger partial charge in [0.1, 0.15) is 17.8 Å². The third-order valence-electron chi connectivity index (χ3n) is 14.0. The van der Waals surface area contributed by atoms with Crippen molar-refractivity contribution in [2.75, 3.05) is 13.2 Å². The second-order valence-corrected chi connectivity index (χ2v) is 16.1. The van der Waals surface area contributed by atoms with Crippen LogP contribution in [0.5, 0.6) is 0 Å². The molecule has 0 spiro atoms. The summed E-state index contributed by atoms with van der Waals surface area (Å²) in [5, 5.41) is 63.2. The molecule has 49 heavy (non-hydrogen) atoms. The molecule has 4 heterocycles. The van der Waals surface area contributed by atoms with E-state index in [1.165, 1.54) is 120 Å². The van der Waals surface area contributed by atoms with Crippen molar-refractivity contribution in [2.45, 2.75) is 74.8 Å². The van der Waals surface area contributed by atoms with Gasteiger partial charge in [-0.3, -0.25) is 0 Å². The minimum absolute atomic E-state index is 0.0509. The highest BCUT2D eigenvalue weighted by atomic mass is 16.7. The van der Waals surface area contributed by atoms with Gasteiger partial charge in [-0.1, -0.05) is 36.4 Å². The Labute approximate surface area is 278 Å². The average Bonchev–Trinajstić information content (AvgIpc) is 3.73. The van der Waals surface area contributed by atoms with Gasteiger partial charge in [0.25, 0.3) is 0 Å². The lowest BCUT2D eigenvalue weighted by Crippen LogP contribution is -2.74. The van der Waals surface area contributed by atoms with Crippen molar-refractivity contribution in [1.29, 1.82) is 0 Å². The van der Waals surface area contributed by atoms with Crippen LogP contribution in [-0.2, 0) is 41.7 Å². The fourth-order valence-corrected chi connectivity index (χ4v) is 12.2. The maximum absolute atomic E-state index is 11.2. The van der Waals surface area contributed by atoms with E-state index >= 15 is 0 Å². The lowest BCUT2D eigenvalue weighted by atomic mass is 9.70. The minimum Gasteiger partial charge on any atom is -0.394 e. The Morgan fingerprint density at radius 3 is 1.78 bits per heavy atom. The highest BCUT2D eigenvalue weighted by Gasteiger charge is 2.65. The molecule has 0 amide bonds. The van der Waals surface area contributed by atoms with Gasteiger partial charge in [0.2, 0.25) is 0 Å². The van der Waals surface area contributed by atoms with E-state index in [0.717, 1.165) is 25.7 Å². The van der Waals surface area contributed by atoms with E-state index in [1.54, 1.807) is 0 Å². The SMILES string of the molecule is OC[C@@H]1OC2(OCCn3c4c5cc6c7c8c(cc9ccc%10cc%11c%12c%13c(cc(c3c%13c(c3c8c9c%10c%123)c74)CC5)C%11)C6)CC(O)[C@@]1(O)CC2O. The molecule has 0 radical (unpaired) electrons. The molecule has 9 aromatic rings. The molecular weight excluding hydrogens is 614 g/mol. The van der Waals surface area contributed by atoms with E-state index in [2.05, 4.69) is 41.0 Å². The summed E-state index contributed by atoms with van der Waals surface area (Å²) in [7, 11) is 0. The number of fused-ring (bicyclic) bond motifs is 3. The predicted molar refractivity (Wildman–Crippen MR) is 189 cm³/mol. The molecule has 8 aromatic carbocycles. The van der Waals surface area contributed by atoms with Crippen LogP contribution in [0.2, 0.25) is 0 Å². The molecule has 6 aliphatic rings. The van der Waals surface area contributed by atoms with Crippen molar-refractivity contribution in [1.82, 2.24) is 4.57 Å². The van der Waals surface area contributed by atoms with Gasteiger partial charge in [0.15, 0.2) is 5.79 Å². The number of aliphatic hydroxyl groups excluding tert-OH is 3. The number of benzene rings is 7. The van der Waals surface area contributed by atoms with Crippen LogP contribution in [0.15, 0.2) is 36.4 Å². The second-order valence-electron chi connectivity index (χ2n) is 16.1. The summed E-state index contributed by atoms with van der Waals surface area (Å²) in [4.78, 5) is 0. The summed E-state index contributed by atoms with van der Waals surface area (Å²) in [6, 6.07) is 14.6. The smallest absolute Gasteiger partial charge is 0.197 e. The zero-order chi connectivity index (χ0) is 32.0. The first-order chi connectivity index (χ1) is 23.9. The number of hydrogen-bond acceptors (Lipinski definition) is 6. The zero-order valence-electron chi connectivity index (χ0n) is 26.6. The van der Waals surface area contributed by atoms with Gasteiger partial charge in [0.05, 0.1) is 30.4 Å². The minimum atomic E-state index is -1.69. The lowest BCUT2D eigenvalue weighted by molar-refractivity contribution is -0.412. The molecule has 3 fully saturated rings. The molecule has 4 N–H and O–H groups in total. The molecule has 3 aliphatic heterocycles. The van der Waals surface area contributed by atoms with Gasteiger partial charge >= 0.3 is 0 Å². The van der Waals surface area contributed by atoms with Crippen LogP contribution >= 0.6 is 0 Å². The largest absolute Gasteiger partial charge is 0.394 e. The Morgan fingerprint density at radius 2 is 1.18 bits per heavy atom. The normalized spacial score (nSPS) is 28.5. The van der Waals surface area contributed by atoms with Crippen LogP contribution in [0.4, 0.5) is 0 Å². The van der Waals surface area contributed by atoms with E-state index in [4.69, 9.17) is 9.47 Å². The van der Waals surface area contributed by atoms with Crippen molar-refractivity contribution in [3.05, 3.63) is 69.8 Å². The van der Waals surface area contributed by atoms with Crippen molar-refractivity contribution < 1.29 is 29.9 Å². The van der Waals surface area contributed by atoms with Crippen molar-refractivity contribution in [2.24, 2.45) is 0 Å². The van der Waals surface area contributed by atoms with E-state index in [1.807, 2.05) is 0 Å². The van der Waals surface area contributed by atoms with Crippen LogP contribution in [0, 0.1) is 0 Å². The van der Waals surface area contributed by atoms with Crippen LogP contribution in [-0.4, -0.2) is 67.9 Å². The molecule has 2 saturated heterocycles. The van der Waals surface area contributed by atoms with E-state index in [0.29, 0.717) is 6.54 Å². The number of rotatable bonds is 5. The van der Waals surface area contributed by atoms with Crippen LogP contribution in [0.1, 0.15) is 46.2 Å². The second kappa shape index (κ2) is 7.64. The zero-order valence-corrected chi connectivity index (χ0v) is 26.6. The first kappa shape index (κ1) is 25.8. The first-order valence-electron chi connectivity index (χ1n) is 17.9. The van der Waals surface area contributed by atoms with Gasteiger partial charge in [-0.25, -0.2) is 0 Å². The summed E-state index contributed by atoms with van der Waals surface area (Å²) in [6.07, 6.45) is 0.416. The molecule has 4 bridgehead atoms.